The molecule has 5 heteroatoms. The Labute approximate surface area is 189 Å². The van der Waals surface area contributed by atoms with Crippen LogP contribution in [-0.2, 0) is 10.2 Å². The van der Waals surface area contributed by atoms with Crippen LogP contribution in [0.2, 0.25) is 0 Å². The molecular weight excluding hydrogens is 396 g/mol. The van der Waals surface area contributed by atoms with Gasteiger partial charge >= 0.3 is 0 Å². The molecule has 164 valence electrons. The molecule has 2 aromatic rings. The number of aromatic nitrogens is 1. The van der Waals surface area contributed by atoms with Crippen LogP contribution >= 0.6 is 0 Å². The predicted octanol–water partition coefficient (Wildman–Crippen LogP) is 5.94. The molecule has 1 aliphatic carbocycles. The molecule has 3 heterocycles. The highest BCUT2D eigenvalue weighted by Gasteiger charge is 2.52. The van der Waals surface area contributed by atoms with Crippen LogP contribution in [0.5, 0.6) is 0 Å². The number of allylic oxidation sites excluding steroid dienone is 2. The van der Waals surface area contributed by atoms with Crippen molar-refractivity contribution in [3.63, 3.8) is 0 Å². The highest BCUT2D eigenvalue weighted by atomic mass is 16.1. The summed E-state index contributed by atoms with van der Waals surface area (Å²) >= 11 is 0. The number of fused-ring (bicyclic) bond motifs is 1. The number of ketones is 1. The minimum absolute atomic E-state index is 0.0626. The summed E-state index contributed by atoms with van der Waals surface area (Å²) in [5, 5.41) is 12.3. The van der Waals surface area contributed by atoms with E-state index in [0.29, 0.717) is 6.42 Å². The zero-order valence-electron chi connectivity index (χ0n) is 19.5. The van der Waals surface area contributed by atoms with E-state index in [1.54, 1.807) is 0 Å². The topological polar surface area (TPSA) is 66.7 Å². The Hall–Kier alpha value is -3.08. The summed E-state index contributed by atoms with van der Waals surface area (Å²) in [4.78, 5) is 18.1. The van der Waals surface area contributed by atoms with Crippen LogP contribution in [0.1, 0.15) is 56.9 Å². The molecule has 0 radical (unpaired) electrons. The molecule has 0 fully saturated rings. The molecule has 1 aromatic heterocycles. The van der Waals surface area contributed by atoms with Crippen molar-refractivity contribution in [3.05, 3.63) is 76.4 Å². The molecule has 0 saturated carbocycles. The second-order valence-corrected chi connectivity index (χ2v) is 10.1. The van der Waals surface area contributed by atoms with Crippen LogP contribution in [0.15, 0.2) is 69.8 Å². The van der Waals surface area contributed by atoms with Crippen LogP contribution in [0.25, 0.3) is 11.1 Å². The maximum Gasteiger partial charge on any atom is 0.164 e. The minimum atomic E-state index is -0.520. The molecule has 1 N–H and O–H groups in total. The Balaban J connectivity index is 1.75. The summed E-state index contributed by atoms with van der Waals surface area (Å²) in [5.41, 5.74) is 8.11. The highest BCUT2D eigenvalue weighted by Crippen LogP contribution is 2.54. The van der Waals surface area contributed by atoms with Gasteiger partial charge in [-0.2, -0.15) is 10.2 Å². The lowest BCUT2D eigenvalue weighted by Gasteiger charge is -2.47. The number of pyridine rings is 1. The zero-order chi connectivity index (χ0) is 22.7. The second-order valence-electron chi connectivity index (χ2n) is 10.1. The van der Waals surface area contributed by atoms with Crippen LogP contribution in [0.4, 0.5) is 0 Å². The lowest BCUT2D eigenvalue weighted by molar-refractivity contribution is -0.119. The van der Waals surface area contributed by atoms with E-state index in [4.69, 9.17) is 0 Å². The van der Waals surface area contributed by atoms with Crippen molar-refractivity contribution in [3.8, 4) is 11.1 Å². The molecule has 0 bridgehead atoms. The van der Waals surface area contributed by atoms with Crippen LogP contribution in [0, 0.1) is 19.3 Å². The number of azo groups is 1. The van der Waals surface area contributed by atoms with E-state index in [1.807, 2.05) is 19.3 Å². The Morgan fingerprint density at radius 2 is 1.97 bits per heavy atom. The lowest BCUT2D eigenvalue weighted by Crippen LogP contribution is -2.51. The summed E-state index contributed by atoms with van der Waals surface area (Å²) in [6.07, 6.45) is 5.72. The molecule has 5 nitrogen and oxygen atoms in total. The third-order valence-corrected chi connectivity index (χ3v) is 7.43. The van der Waals surface area contributed by atoms with Gasteiger partial charge in [0.05, 0.1) is 11.6 Å². The van der Waals surface area contributed by atoms with Gasteiger partial charge in [-0.1, -0.05) is 39.0 Å². The van der Waals surface area contributed by atoms with E-state index in [1.165, 1.54) is 11.1 Å². The third kappa shape index (κ3) is 2.98. The number of rotatable bonds is 3. The Morgan fingerprint density at radius 3 is 2.75 bits per heavy atom. The SMILES string of the molecule is CCC1(c2cccc(-c3ccnc(C)c3C)c2)C2=CN=NC2NC2=C1C(=O)CC(C)(C)C2. The fourth-order valence-corrected chi connectivity index (χ4v) is 5.80. The smallest absolute Gasteiger partial charge is 0.164 e. The van der Waals surface area contributed by atoms with Crippen LogP contribution < -0.4 is 5.32 Å². The van der Waals surface area contributed by atoms with Gasteiger partial charge in [-0.25, -0.2) is 0 Å². The van der Waals surface area contributed by atoms with Gasteiger partial charge in [0.2, 0.25) is 0 Å². The molecular formula is C27H30N4O. The van der Waals surface area contributed by atoms with Crippen molar-refractivity contribution in [2.75, 3.05) is 0 Å². The molecule has 2 unspecified atom stereocenters. The molecule has 32 heavy (non-hydrogen) atoms. The molecule has 0 amide bonds. The minimum Gasteiger partial charge on any atom is -0.362 e. The number of carbonyl (C=O) groups excluding carboxylic acids is 1. The first kappa shape index (κ1) is 20.8. The van der Waals surface area contributed by atoms with E-state index in [2.05, 4.69) is 78.6 Å². The first-order valence-corrected chi connectivity index (χ1v) is 11.4. The Bertz CT molecular complexity index is 1220. The highest BCUT2D eigenvalue weighted by molar-refractivity contribution is 6.01. The zero-order valence-corrected chi connectivity index (χ0v) is 19.5. The van der Waals surface area contributed by atoms with Crippen LogP contribution in [-0.4, -0.2) is 16.9 Å². The van der Waals surface area contributed by atoms with E-state index in [9.17, 15) is 4.79 Å². The summed E-state index contributed by atoms with van der Waals surface area (Å²) in [6, 6.07) is 10.7. The monoisotopic (exact) mass is 426 g/mol. The number of carbonyl (C=O) groups is 1. The van der Waals surface area contributed by atoms with E-state index in [0.717, 1.165) is 46.5 Å². The van der Waals surface area contributed by atoms with Crippen molar-refractivity contribution in [2.24, 2.45) is 15.6 Å². The molecule has 0 spiro atoms. The number of nitrogens with zero attached hydrogens (tertiary/aromatic N) is 3. The van der Waals surface area contributed by atoms with E-state index >= 15 is 0 Å². The van der Waals surface area contributed by atoms with Gasteiger partial charge in [0.15, 0.2) is 11.9 Å². The van der Waals surface area contributed by atoms with Crippen molar-refractivity contribution in [1.29, 1.82) is 0 Å². The van der Waals surface area contributed by atoms with Gasteiger partial charge in [-0.05, 0) is 66.5 Å². The number of hydrogen-bond acceptors (Lipinski definition) is 5. The van der Waals surface area contributed by atoms with E-state index in [-0.39, 0.29) is 17.4 Å². The molecule has 5 rings (SSSR count). The number of aryl methyl sites for hydroxylation is 1. The Kier molecular flexibility index (Phi) is 4.70. The maximum atomic E-state index is 13.6. The maximum absolute atomic E-state index is 13.6. The van der Waals surface area contributed by atoms with Gasteiger partial charge in [0.25, 0.3) is 0 Å². The number of hydrogen-bond donors (Lipinski definition) is 1. The van der Waals surface area contributed by atoms with Gasteiger partial charge in [0.1, 0.15) is 0 Å². The fourth-order valence-electron chi connectivity index (χ4n) is 5.80. The normalized spacial score (nSPS) is 25.8. The summed E-state index contributed by atoms with van der Waals surface area (Å²) in [5.74, 6) is 0.234. The summed E-state index contributed by atoms with van der Waals surface area (Å²) in [7, 11) is 0. The molecule has 3 aliphatic rings. The average molecular weight is 427 g/mol. The fraction of sp³-hybridized carbons (Fsp3) is 0.407. The van der Waals surface area contributed by atoms with Gasteiger partial charge in [-0.3, -0.25) is 9.78 Å². The molecule has 2 aliphatic heterocycles. The van der Waals surface area contributed by atoms with Crippen molar-refractivity contribution >= 4 is 5.78 Å². The third-order valence-electron chi connectivity index (χ3n) is 7.43. The van der Waals surface area contributed by atoms with Crippen molar-refractivity contribution in [1.82, 2.24) is 10.3 Å². The van der Waals surface area contributed by atoms with Crippen molar-refractivity contribution in [2.45, 2.75) is 65.5 Å². The van der Waals surface area contributed by atoms with Crippen LogP contribution in [0.3, 0.4) is 0 Å². The quantitative estimate of drug-likeness (QED) is 0.661. The van der Waals surface area contributed by atoms with Crippen molar-refractivity contribution < 1.29 is 4.79 Å². The molecule has 1 aromatic carbocycles. The lowest BCUT2D eigenvalue weighted by atomic mass is 9.58. The largest absolute Gasteiger partial charge is 0.362 e. The number of benzene rings is 1. The molecule has 2 atom stereocenters. The number of nitrogens with one attached hydrogen (secondary N) is 1. The first-order chi connectivity index (χ1) is 15.3. The first-order valence-electron chi connectivity index (χ1n) is 11.4. The van der Waals surface area contributed by atoms with E-state index < -0.39 is 5.41 Å². The molecule has 0 saturated heterocycles. The standard InChI is InChI=1S/C27H30N4O/c1-6-27(19-9-7-8-18(12-19)20-10-11-28-17(3)16(20)2)21-15-29-31-25(21)30-22-13-26(4,5)14-23(32)24(22)27/h7-12,15,25,30H,6,13-14H2,1-5H3. The average Bonchev–Trinajstić information content (AvgIpc) is 3.22. The van der Waals surface area contributed by atoms with Gasteiger partial charge < -0.3 is 5.32 Å². The van der Waals surface area contributed by atoms with Gasteiger partial charge in [-0.15, -0.1) is 0 Å². The summed E-state index contributed by atoms with van der Waals surface area (Å²) in [6.45, 7) is 10.7. The predicted molar refractivity (Wildman–Crippen MR) is 126 cm³/mol. The second kappa shape index (κ2) is 7.22. The summed E-state index contributed by atoms with van der Waals surface area (Å²) < 4.78 is 0. The Morgan fingerprint density at radius 1 is 1.16 bits per heavy atom. The van der Waals surface area contributed by atoms with Gasteiger partial charge in [0, 0.05) is 35.2 Å². The number of Topliss-reactive ketones (excluding diaryl/α,β-unsaturated/α-hetero) is 1.